The van der Waals surface area contributed by atoms with Crippen molar-refractivity contribution in [3.63, 3.8) is 0 Å². The molecule has 2 aliphatic heterocycles. The van der Waals surface area contributed by atoms with Crippen molar-refractivity contribution in [2.75, 3.05) is 38.5 Å². The minimum atomic E-state index is -0.448. The summed E-state index contributed by atoms with van der Waals surface area (Å²) in [4.78, 5) is 39.5. The van der Waals surface area contributed by atoms with E-state index in [4.69, 9.17) is 9.15 Å². The molecule has 8 nitrogen and oxygen atoms in total. The summed E-state index contributed by atoms with van der Waals surface area (Å²) in [5.74, 6) is 0.680. The van der Waals surface area contributed by atoms with Gasteiger partial charge in [0.1, 0.15) is 6.54 Å². The fraction of sp³-hybridized carbons (Fsp3) is 0.588. The van der Waals surface area contributed by atoms with Crippen LogP contribution in [-0.2, 0) is 9.53 Å². The maximum Gasteiger partial charge on any atom is 0.325 e. The molecule has 0 atom stereocenters. The van der Waals surface area contributed by atoms with E-state index in [1.165, 1.54) is 6.26 Å². The molecular weight excluding hydrogens is 358 g/mol. The number of esters is 1. The Bertz CT molecular complexity index is 655. The van der Waals surface area contributed by atoms with Crippen molar-refractivity contribution in [3.8, 4) is 0 Å². The number of carbonyl (C=O) groups is 3. The number of hydrogen-bond acceptors (Lipinski definition) is 6. The van der Waals surface area contributed by atoms with Crippen molar-refractivity contribution in [2.24, 2.45) is 0 Å². The van der Waals surface area contributed by atoms with Crippen LogP contribution in [0.15, 0.2) is 22.8 Å². The first-order valence-corrected chi connectivity index (χ1v) is 9.72. The lowest BCUT2D eigenvalue weighted by Gasteiger charge is -2.43. The van der Waals surface area contributed by atoms with Crippen LogP contribution in [0.3, 0.4) is 0 Å². The summed E-state index contributed by atoms with van der Waals surface area (Å²) < 4.78 is 10.1. The standard InChI is InChI=1S/C17H23N3O5S/c1-2-24-14(21)12-18-16(23)19-7-5-17(6-8-19)20(9-11-26-17)15(22)13-4-3-10-25-13/h3-4,10H,2,5-9,11-12H2,1H3,(H,18,23). The Kier molecular flexibility index (Phi) is 5.75. The van der Waals surface area contributed by atoms with Crippen LogP contribution in [0.5, 0.6) is 0 Å². The van der Waals surface area contributed by atoms with E-state index >= 15 is 0 Å². The van der Waals surface area contributed by atoms with Crippen molar-refractivity contribution in [1.29, 1.82) is 0 Å². The Morgan fingerprint density at radius 1 is 1.31 bits per heavy atom. The monoisotopic (exact) mass is 381 g/mol. The van der Waals surface area contributed by atoms with E-state index < -0.39 is 5.97 Å². The van der Waals surface area contributed by atoms with Gasteiger partial charge < -0.3 is 24.3 Å². The van der Waals surface area contributed by atoms with Crippen LogP contribution >= 0.6 is 11.8 Å². The van der Waals surface area contributed by atoms with Gasteiger partial charge in [-0.1, -0.05) is 0 Å². The zero-order chi connectivity index (χ0) is 18.6. The highest BCUT2D eigenvalue weighted by Crippen LogP contribution is 2.44. The fourth-order valence-corrected chi connectivity index (χ4v) is 4.83. The second-order valence-electron chi connectivity index (χ2n) is 6.18. The molecule has 0 radical (unpaired) electrons. The summed E-state index contributed by atoms with van der Waals surface area (Å²) in [6, 6.07) is 3.11. The number of nitrogens with zero attached hydrogens (tertiary/aromatic N) is 2. The van der Waals surface area contributed by atoms with E-state index in [0.29, 0.717) is 38.2 Å². The molecule has 0 aliphatic carbocycles. The van der Waals surface area contributed by atoms with Crippen LogP contribution in [0.25, 0.3) is 0 Å². The average molecular weight is 381 g/mol. The maximum atomic E-state index is 12.7. The van der Waals surface area contributed by atoms with E-state index in [9.17, 15) is 14.4 Å². The molecule has 0 bridgehead atoms. The molecule has 0 unspecified atom stereocenters. The number of ether oxygens (including phenoxy) is 1. The zero-order valence-electron chi connectivity index (χ0n) is 14.7. The van der Waals surface area contributed by atoms with Crippen molar-refractivity contribution >= 4 is 29.7 Å². The molecule has 2 saturated heterocycles. The highest BCUT2D eigenvalue weighted by atomic mass is 32.2. The SMILES string of the molecule is CCOC(=O)CNC(=O)N1CCC2(CC1)SCCN2C(=O)c1ccco1. The molecule has 3 heterocycles. The van der Waals surface area contributed by atoms with Crippen molar-refractivity contribution < 1.29 is 23.5 Å². The number of amides is 3. The molecule has 142 valence electrons. The molecule has 0 saturated carbocycles. The van der Waals surface area contributed by atoms with Gasteiger partial charge in [-0.3, -0.25) is 9.59 Å². The quantitative estimate of drug-likeness (QED) is 0.796. The Hall–Kier alpha value is -2.16. The molecule has 3 rings (SSSR count). The van der Waals surface area contributed by atoms with Crippen LogP contribution in [0.2, 0.25) is 0 Å². The molecule has 2 aliphatic rings. The number of thioether (sulfide) groups is 1. The maximum absolute atomic E-state index is 12.7. The van der Waals surface area contributed by atoms with Crippen LogP contribution in [0, 0.1) is 0 Å². The minimum Gasteiger partial charge on any atom is -0.465 e. The molecule has 1 aromatic rings. The van der Waals surface area contributed by atoms with Gasteiger partial charge in [0.05, 0.1) is 17.7 Å². The predicted molar refractivity (Wildman–Crippen MR) is 95.8 cm³/mol. The van der Waals surface area contributed by atoms with Gasteiger partial charge in [0, 0.05) is 25.4 Å². The number of likely N-dealkylation sites (tertiary alicyclic amines) is 1. The summed E-state index contributed by atoms with van der Waals surface area (Å²) in [7, 11) is 0. The lowest BCUT2D eigenvalue weighted by Crippen LogP contribution is -2.55. The molecule has 3 amide bonds. The fourth-order valence-electron chi connectivity index (χ4n) is 3.37. The molecular formula is C17H23N3O5S. The molecule has 26 heavy (non-hydrogen) atoms. The number of urea groups is 1. The van der Waals surface area contributed by atoms with Gasteiger partial charge in [-0.25, -0.2) is 4.79 Å². The normalized spacial score (nSPS) is 18.8. The summed E-state index contributed by atoms with van der Waals surface area (Å²) in [5, 5.41) is 2.58. The number of furan rings is 1. The molecule has 9 heteroatoms. The summed E-state index contributed by atoms with van der Waals surface area (Å²) in [6.45, 7) is 3.62. The third kappa shape index (κ3) is 3.82. The lowest BCUT2D eigenvalue weighted by molar-refractivity contribution is -0.141. The first-order chi connectivity index (χ1) is 12.6. The average Bonchev–Trinajstić information content (AvgIpc) is 3.31. The number of carbonyl (C=O) groups excluding carboxylic acids is 3. The van der Waals surface area contributed by atoms with Crippen LogP contribution in [-0.4, -0.2) is 71.1 Å². The topological polar surface area (TPSA) is 92.1 Å². The summed E-state index contributed by atoms with van der Waals surface area (Å²) in [6.07, 6.45) is 2.88. The molecule has 0 aromatic carbocycles. The molecule has 2 fully saturated rings. The van der Waals surface area contributed by atoms with Crippen LogP contribution in [0.1, 0.15) is 30.3 Å². The smallest absolute Gasteiger partial charge is 0.325 e. The molecule has 1 N–H and O–H groups in total. The Morgan fingerprint density at radius 3 is 2.73 bits per heavy atom. The van der Waals surface area contributed by atoms with Crippen molar-refractivity contribution in [2.45, 2.75) is 24.6 Å². The number of piperidine rings is 1. The van der Waals surface area contributed by atoms with Gasteiger partial charge in [0.15, 0.2) is 5.76 Å². The largest absolute Gasteiger partial charge is 0.465 e. The van der Waals surface area contributed by atoms with Crippen LogP contribution < -0.4 is 5.32 Å². The highest BCUT2D eigenvalue weighted by Gasteiger charge is 2.47. The van der Waals surface area contributed by atoms with Gasteiger partial charge in [-0.05, 0) is 31.9 Å². The third-order valence-electron chi connectivity index (χ3n) is 4.68. The number of rotatable bonds is 4. The van der Waals surface area contributed by atoms with Gasteiger partial charge in [0.2, 0.25) is 0 Å². The van der Waals surface area contributed by atoms with E-state index in [1.54, 1.807) is 35.7 Å². The van der Waals surface area contributed by atoms with Gasteiger partial charge in [0.25, 0.3) is 5.91 Å². The predicted octanol–water partition coefficient (Wildman–Crippen LogP) is 1.53. The highest BCUT2D eigenvalue weighted by molar-refractivity contribution is 8.00. The summed E-state index contributed by atoms with van der Waals surface area (Å²) >= 11 is 1.77. The Morgan fingerprint density at radius 2 is 2.08 bits per heavy atom. The van der Waals surface area contributed by atoms with E-state index in [2.05, 4.69) is 5.32 Å². The Balaban J connectivity index is 1.56. The summed E-state index contributed by atoms with van der Waals surface area (Å²) in [5.41, 5.74) is 0. The zero-order valence-corrected chi connectivity index (χ0v) is 15.5. The van der Waals surface area contributed by atoms with Gasteiger partial charge in [-0.15, -0.1) is 11.8 Å². The first kappa shape index (κ1) is 18.6. The second kappa shape index (κ2) is 8.03. The molecule has 1 aromatic heterocycles. The lowest BCUT2D eigenvalue weighted by atomic mass is 10.0. The van der Waals surface area contributed by atoms with Gasteiger partial charge >= 0.3 is 12.0 Å². The third-order valence-corrected chi connectivity index (χ3v) is 6.23. The van der Waals surface area contributed by atoms with E-state index in [0.717, 1.165) is 5.75 Å². The van der Waals surface area contributed by atoms with E-state index in [-0.39, 0.29) is 30.0 Å². The number of hydrogen-bond donors (Lipinski definition) is 1. The Labute approximate surface area is 156 Å². The van der Waals surface area contributed by atoms with Crippen molar-refractivity contribution in [1.82, 2.24) is 15.1 Å². The van der Waals surface area contributed by atoms with Crippen molar-refractivity contribution in [3.05, 3.63) is 24.2 Å². The number of nitrogens with one attached hydrogen (secondary N) is 1. The second-order valence-corrected chi connectivity index (χ2v) is 7.64. The van der Waals surface area contributed by atoms with Crippen LogP contribution in [0.4, 0.5) is 4.79 Å². The van der Waals surface area contributed by atoms with Gasteiger partial charge in [-0.2, -0.15) is 0 Å². The minimum absolute atomic E-state index is 0.0970. The first-order valence-electron chi connectivity index (χ1n) is 8.73. The molecule has 1 spiro atoms. The van der Waals surface area contributed by atoms with E-state index in [1.807, 2.05) is 4.90 Å².